The van der Waals surface area contributed by atoms with Crippen LogP contribution in [0.25, 0.3) is 0 Å². The van der Waals surface area contributed by atoms with Crippen LogP contribution in [-0.4, -0.2) is 69.0 Å². The molecular formula is CH5MgNaO3. The Bertz CT molecular complexity index is 33.8. The van der Waals surface area contributed by atoms with Gasteiger partial charge in [-0.05, 0) is 0 Å². The molecule has 0 aromatic heterocycles. The van der Waals surface area contributed by atoms with Crippen molar-refractivity contribution >= 4 is 58.8 Å². The molecule has 0 saturated heterocycles. The fourth-order valence-corrected chi connectivity index (χ4v) is 0. The first-order valence-electron chi connectivity index (χ1n) is 0.651. The molecule has 2 N–H and O–H groups in total. The molecule has 0 rings (SSSR count). The monoisotopic (exact) mass is 112 g/mol. The van der Waals surface area contributed by atoms with Crippen LogP contribution in [0.4, 0.5) is 4.79 Å². The summed E-state index contributed by atoms with van der Waals surface area (Å²) < 4.78 is 0. The second-order valence-electron chi connectivity index (χ2n) is 0.283. The molecule has 3 nitrogen and oxygen atoms in total. The van der Waals surface area contributed by atoms with Crippen molar-refractivity contribution in [3.63, 3.8) is 0 Å². The van der Waals surface area contributed by atoms with E-state index in [1.807, 2.05) is 0 Å². The average Bonchev–Trinajstić information content (AvgIpc) is 0.811. The number of hydrogen-bond acceptors (Lipinski definition) is 1. The van der Waals surface area contributed by atoms with E-state index in [0.29, 0.717) is 0 Å². The van der Waals surface area contributed by atoms with Gasteiger partial charge in [-0.25, -0.2) is 4.79 Å². The van der Waals surface area contributed by atoms with Gasteiger partial charge in [-0.1, -0.05) is 0 Å². The van der Waals surface area contributed by atoms with Crippen LogP contribution in [0.1, 0.15) is 0 Å². The third-order valence-corrected chi connectivity index (χ3v) is 0. The van der Waals surface area contributed by atoms with Gasteiger partial charge in [0.15, 0.2) is 0 Å². The molecule has 0 aliphatic carbocycles. The summed E-state index contributed by atoms with van der Waals surface area (Å²) >= 11 is 0. The first kappa shape index (κ1) is 15.7. The molecule has 0 aromatic carbocycles. The van der Waals surface area contributed by atoms with E-state index in [1.54, 1.807) is 0 Å². The average molecular weight is 112 g/mol. The minimum atomic E-state index is -1.83. The van der Waals surface area contributed by atoms with E-state index in [9.17, 15) is 0 Å². The number of rotatable bonds is 0. The molecule has 0 aliphatic heterocycles. The minimum absolute atomic E-state index is 0. The molecule has 0 aromatic rings. The molecule has 0 aliphatic rings. The van der Waals surface area contributed by atoms with Crippen LogP contribution in [0.3, 0.4) is 0 Å². The molecule has 0 spiro atoms. The summed E-state index contributed by atoms with van der Waals surface area (Å²) in [6.45, 7) is 0. The van der Waals surface area contributed by atoms with Crippen LogP contribution in [-0.2, 0) is 0 Å². The Hall–Kier alpha value is 1.04. The zero-order valence-electron chi connectivity index (χ0n) is 1.80. The summed E-state index contributed by atoms with van der Waals surface area (Å²) in [5.41, 5.74) is 0. The molecule has 0 heterocycles. The Morgan fingerprint density at radius 3 is 1.33 bits per heavy atom. The van der Waals surface area contributed by atoms with Crippen molar-refractivity contribution in [1.29, 1.82) is 0 Å². The van der Waals surface area contributed by atoms with Crippen molar-refractivity contribution < 1.29 is 15.0 Å². The molecule has 5 heteroatoms. The zero-order chi connectivity index (χ0) is 3.58. The molecule has 0 bridgehead atoms. The van der Waals surface area contributed by atoms with Crippen molar-refractivity contribution in [2.24, 2.45) is 0 Å². The van der Waals surface area contributed by atoms with Gasteiger partial charge in [0.25, 0.3) is 0 Å². The molecule has 0 fully saturated rings. The quantitative estimate of drug-likeness (QED) is 0.381. The summed E-state index contributed by atoms with van der Waals surface area (Å²) in [6.07, 6.45) is -1.83. The Balaban J connectivity index is -0.0000000450. The van der Waals surface area contributed by atoms with Crippen LogP contribution in [0.5, 0.6) is 0 Å². The molecule has 0 atom stereocenters. The molecule has 0 amide bonds. The van der Waals surface area contributed by atoms with Crippen LogP contribution in [0, 0.1) is 0 Å². The van der Waals surface area contributed by atoms with Crippen molar-refractivity contribution in [3.05, 3.63) is 0 Å². The summed E-state index contributed by atoms with van der Waals surface area (Å²) in [5.74, 6) is 0. The Morgan fingerprint density at radius 2 is 1.33 bits per heavy atom. The van der Waals surface area contributed by atoms with Gasteiger partial charge in [0.2, 0.25) is 0 Å². The van der Waals surface area contributed by atoms with Gasteiger partial charge < -0.3 is 10.2 Å². The maximum atomic E-state index is 8.56. The predicted molar refractivity (Wildman–Crippen MR) is 26.3 cm³/mol. The van der Waals surface area contributed by atoms with Crippen molar-refractivity contribution in [3.8, 4) is 0 Å². The normalized spacial score (nSPS) is 4.00. The fraction of sp³-hybridized carbons (Fsp3) is 0. The van der Waals surface area contributed by atoms with E-state index in [2.05, 4.69) is 0 Å². The van der Waals surface area contributed by atoms with Crippen LogP contribution >= 0.6 is 0 Å². The maximum absolute atomic E-state index is 8.56. The molecule has 0 radical (unpaired) electrons. The zero-order valence-corrected chi connectivity index (χ0v) is 1.80. The van der Waals surface area contributed by atoms with Crippen LogP contribution in [0.2, 0.25) is 0 Å². The van der Waals surface area contributed by atoms with Gasteiger partial charge in [0.05, 0.1) is 0 Å². The Morgan fingerprint density at radius 1 is 1.33 bits per heavy atom. The van der Waals surface area contributed by atoms with E-state index >= 15 is 0 Å². The predicted octanol–water partition coefficient (Wildman–Crippen LogP) is -1.34. The second kappa shape index (κ2) is 9.40. The van der Waals surface area contributed by atoms with Gasteiger partial charge >= 0.3 is 58.8 Å². The van der Waals surface area contributed by atoms with Gasteiger partial charge in [-0.15, -0.1) is 0 Å². The van der Waals surface area contributed by atoms with Gasteiger partial charge in [-0.3, -0.25) is 0 Å². The topological polar surface area (TPSA) is 57.5 Å². The fourth-order valence-electron chi connectivity index (χ4n) is 0. The van der Waals surface area contributed by atoms with E-state index < -0.39 is 6.16 Å². The number of carbonyl (C=O) groups is 1. The van der Waals surface area contributed by atoms with E-state index in [0.717, 1.165) is 0 Å². The van der Waals surface area contributed by atoms with Gasteiger partial charge in [0.1, 0.15) is 0 Å². The molecule has 30 valence electrons. The summed E-state index contributed by atoms with van der Waals surface area (Å²) in [4.78, 5) is 8.56. The first-order valence-corrected chi connectivity index (χ1v) is 0.651. The third kappa shape index (κ3) is 76.4. The molecule has 0 unspecified atom stereocenters. The van der Waals surface area contributed by atoms with Gasteiger partial charge in [0, 0.05) is 0 Å². The summed E-state index contributed by atoms with van der Waals surface area (Å²) in [6, 6.07) is 0. The Kier molecular flexibility index (Phi) is 24.6. The number of hydrogen-bond donors (Lipinski definition) is 2. The molecular weight excluding hydrogens is 107 g/mol. The molecule has 6 heavy (non-hydrogen) atoms. The Labute approximate surface area is 73.2 Å². The van der Waals surface area contributed by atoms with Crippen LogP contribution in [0.15, 0.2) is 0 Å². The van der Waals surface area contributed by atoms with Crippen LogP contribution < -0.4 is 0 Å². The number of carboxylic acid groups (broad SMARTS) is 2. The summed E-state index contributed by atoms with van der Waals surface area (Å²) in [7, 11) is 0. The second-order valence-corrected chi connectivity index (χ2v) is 0.283. The first-order chi connectivity index (χ1) is 1.73. The van der Waals surface area contributed by atoms with Crippen molar-refractivity contribution in [1.82, 2.24) is 0 Å². The van der Waals surface area contributed by atoms with Crippen molar-refractivity contribution in [2.75, 3.05) is 0 Å². The van der Waals surface area contributed by atoms with Crippen molar-refractivity contribution in [2.45, 2.75) is 0 Å². The summed E-state index contributed by atoms with van der Waals surface area (Å²) in [5, 5.41) is 13.9. The van der Waals surface area contributed by atoms with E-state index in [4.69, 9.17) is 15.0 Å². The van der Waals surface area contributed by atoms with Gasteiger partial charge in [-0.2, -0.15) is 0 Å². The third-order valence-electron chi connectivity index (χ3n) is 0. The SMILES string of the molecule is O=C(O)O.[MgH2].[NaH]. The van der Waals surface area contributed by atoms with E-state index in [-0.39, 0.29) is 52.6 Å². The molecule has 0 saturated carbocycles. The van der Waals surface area contributed by atoms with E-state index in [1.165, 1.54) is 0 Å². The standard InChI is InChI=1S/CH2O3.Mg.Na.3H/c2-1(3)4;;;;;/h(H2,2,3,4);;;;;.